The Morgan fingerprint density at radius 1 is 0.929 bits per heavy atom. The molecular formula is C13H21B. The van der Waals surface area contributed by atoms with Crippen LogP contribution in [0.4, 0.5) is 0 Å². The topological polar surface area (TPSA) is 0 Å². The molecule has 0 heterocycles. The van der Waals surface area contributed by atoms with Gasteiger partial charge in [0.2, 0.25) is 0 Å². The summed E-state index contributed by atoms with van der Waals surface area (Å²) in [5.41, 5.74) is 3.09. The fourth-order valence-corrected chi connectivity index (χ4v) is 1.45. The molecule has 0 bridgehead atoms. The molecule has 0 N–H and O–H groups in total. The smallest absolute Gasteiger partial charge is 0.0632 e. The molecule has 1 aromatic rings. The maximum Gasteiger partial charge on any atom is 0.114 e. The third kappa shape index (κ3) is 2.63. The van der Waals surface area contributed by atoms with E-state index >= 15 is 0 Å². The van der Waals surface area contributed by atoms with E-state index in [2.05, 4.69) is 66.7 Å². The first kappa shape index (κ1) is 11.4. The second-order valence-electron chi connectivity index (χ2n) is 6.08. The first-order valence-electron chi connectivity index (χ1n) is 5.32. The van der Waals surface area contributed by atoms with Crippen molar-refractivity contribution in [2.75, 3.05) is 0 Å². The molecule has 1 heteroatoms. The van der Waals surface area contributed by atoms with E-state index in [1.54, 1.807) is 0 Å². The Bertz CT molecular complexity index is 283. The molecule has 0 fully saturated rings. The minimum absolute atomic E-state index is 0.251. The molecule has 0 nitrogen and oxygen atoms in total. The molecule has 0 aliphatic rings. The van der Waals surface area contributed by atoms with E-state index in [4.69, 9.17) is 0 Å². The minimum Gasteiger partial charge on any atom is -0.0632 e. The lowest BCUT2D eigenvalue weighted by molar-refractivity contribution is 0.587. The lowest BCUT2D eigenvalue weighted by Crippen LogP contribution is -2.19. The zero-order valence-electron chi connectivity index (χ0n) is 10.3. The van der Waals surface area contributed by atoms with Gasteiger partial charge in [-0.2, -0.15) is 0 Å². The van der Waals surface area contributed by atoms with Crippen molar-refractivity contribution in [3.8, 4) is 0 Å². The summed E-state index contributed by atoms with van der Waals surface area (Å²) in [7, 11) is 2.26. The summed E-state index contributed by atoms with van der Waals surface area (Å²) in [6, 6.07) is 8.94. The second kappa shape index (κ2) is 3.45. The average molecular weight is 188 g/mol. The lowest BCUT2D eigenvalue weighted by atomic mass is 9.66. The van der Waals surface area contributed by atoms with E-state index in [9.17, 15) is 0 Å². The molecule has 14 heavy (non-hydrogen) atoms. The molecule has 0 amide bonds. The van der Waals surface area contributed by atoms with Gasteiger partial charge in [-0.3, -0.25) is 0 Å². The fourth-order valence-electron chi connectivity index (χ4n) is 1.45. The average Bonchev–Trinajstić information content (AvgIpc) is 2.01. The van der Waals surface area contributed by atoms with Crippen LogP contribution in [0.1, 0.15) is 45.7 Å². The van der Waals surface area contributed by atoms with Gasteiger partial charge in [0.25, 0.3) is 0 Å². The molecule has 0 saturated carbocycles. The molecule has 0 saturated heterocycles. The molecule has 1 aromatic carbocycles. The highest BCUT2D eigenvalue weighted by atomic mass is 14.2. The van der Waals surface area contributed by atoms with Gasteiger partial charge >= 0.3 is 0 Å². The molecule has 0 spiro atoms. The highest BCUT2D eigenvalue weighted by Crippen LogP contribution is 2.26. The van der Waals surface area contributed by atoms with Gasteiger partial charge in [-0.1, -0.05) is 64.4 Å². The maximum atomic E-state index is 2.33. The van der Waals surface area contributed by atoms with E-state index < -0.39 is 0 Å². The Balaban J connectivity index is 3.15. The summed E-state index contributed by atoms with van der Waals surface area (Å²) in [4.78, 5) is 0. The van der Waals surface area contributed by atoms with E-state index in [-0.39, 0.29) is 10.7 Å². The Morgan fingerprint density at radius 2 is 1.43 bits per heavy atom. The quantitative estimate of drug-likeness (QED) is 0.594. The highest BCUT2D eigenvalue weighted by molar-refractivity contribution is 6.15. The third-order valence-corrected chi connectivity index (χ3v) is 2.59. The van der Waals surface area contributed by atoms with Crippen LogP contribution < -0.4 is 0 Å². The zero-order valence-corrected chi connectivity index (χ0v) is 10.3. The van der Waals surface area contributed by atoms with Crippen molar-refractivity contribution in [3.05, 3.63) is 35.4 Å². The summed E-state index contributed by atoms with van der Waals surface area (Å²) in [5, 5.41) is 0.251. The molecule has 0 atom stereocenters. The fraction of sp³-hybridized carbons (Fsp3) is 0.538. The standard InChI is InChI=1S/C13H21B/c1-12(2,3)10-7-6-8-11(9-10)13(4,5)14/h6-9H,14H2,1-5H3. The van der Waals surface area contributed by atoms with Gasteiger partial charge in [-0.15, -0.1) is 0 Å². The summed E-state index contributed by atoms with van der Waals surface area (Å²) in [6.45, 7) is 11.3. The Morgan fingerprint density at radius 3 is 1.86 bits per heavy atom. The van der Waals surface area contributed by atoms with E-state index in [1.165, 1.54) is 11.1 Å². The number of hydrogen-bond acceptors (Lipinski definition) is 0. The van der Waals surface area contributed by atoms with E-state index in [1.807, 2.05) is 0 Å². The van der Waals surface area contributed by atoms with Crippen LogP contribution in [-0.2, 0) is 10.7 Å². The predicted molar refractivity (Wildman–Crippen MR) is 66.7 cm³/mol. The van der Waals surface area contributed by atoms with Crippen molar-refractivity contribution in [1.29, 1.82) is 0 Å². The van der Waals surface area contributed by atoms with Crippen LogP contribution in [0.5, 0.6) is 0 Å². The van der Waals surface area contributed by atoms with Crippen LogP contribution in [-0.4, -0.2) is 7.85 Å². The van der Waals surface area contributed by atoms with Crippen molar-refractivity contribution >= 4 is 7.85 Å². The third-order valence-electron chi connectivity index (χ3n) is 2.59. The molecule has 1 rings (SSSR count). The molecular weight excluding hydrogens is 167 g/mol. The lowest BCUT2D eigenvalue weighted by Gasteiger charge is -2.24. The van der Waals surface area contributed by atoms with Crippen molar-refractivity contribution in [2.45, 2.75) is 45.3 Å². The number of rotatable bonds is 1. The molecule has 0 unspecified atom stereocenters. The van der Waals surface area contributed by atoms with E-state index in [0.717, 1.165) is 0 Å². The molecule has 0 aliphatic heterocycles. The first-order chi connectivity index (χ1) is 6.21. The van der Waals surface area contributed by atoms with Crippen LogP contribution in [0.2, 0.25) is 0 Å². The van der Waals surface area contributed by atoms with Crippen molar-refractivity contribution in [1.82, 2.24) is 0 Å². The summed E-state index contributed by atoms with van der Waals surface area (Å²) < 4.78 is 0. The zero-order chi connectivity index (χ0) is 11.0. The number of benzene rings is 1. The molecule has 0 radical (unpaired) electrons. The van der Waals surface area contributed by atoms with Crippen molar-refractivity contribution in [2.24, 2.45) is 0 Å². The maximum absolute atomic E-state index is 2.33. The van der Waals surface area contributed by atoms with Crippen molar-refractivity contribution in [3.63, 3.8) is 0 Å². The molecule has 0 aliphatic carbocycles. The largest absolute Gasteiger partial charge is 0.114 e. The second-order valence-corrected chi connectivity index (χ2v) is 6.08. The van der Waals surface area contributed by atoms with Gasteiger partial charge in [-0.05, 0) is 16.3 Å². The molecule has 0 aromatic heterocycles. The van der Waals surface area contributed by atoms with Gasteiger partial charge in [0.1, 0.15) is 7.85 Å². The highest BCUT2D eigenvalue weighted by Gasteiger charge is 2.18. The monoisotopic (exact) mass is 188 g/mol. The minimum atomic E-state index is 0.251. The summed E-state index contributed by atoms with van der Waals surface area (Å²) in [5.74, 6) is 0. The Kier molecular flexibility index (Phi) is 2.80. The number of hydrogen-bond donors (Lipinski definition) is 0. The normalized spacial score (nSPS) is 12.9. The first-order valence-corrected chi connectivity index (χ1v) is 5.32. The Hall–Kier alpha value is -0.715. The van der Waals surface area contributed by atoms with Crippen LogP contribution in [0, 0.1) is 0 Å². The molecule has 76 valence electrons. The Labute approximate surface area is 89.1 Å². The van der Waals surface area contributed by atoms with E-state index in [0.29, 0.717) is 0 Å². The van der Waals surface area contributed by atoms with Gasteiger partial charge in [0, 0.05) is 0 Å². The van der Waals surface area contributed by atoms with Crippen LogP contribution in [0.15, 0.2) is 24.3 Å². The van der Waals surface area contributed by atoms with Gasteiger partial charge in [0.15, 0.2) is 0 Å². The SMILES string of the molecule is BC(C)(C)c1cccc(C(C)(C)C)c1. The predicted octanol–water partition coefficient (Wildman–Crippen LogP) is 2.85. The van der Waals surface area contributed by atoms with Gasteiger partial charge in [0.05, 0.1) is 0 Å². The summed E-state index contributed by atoms with van der Waals surface area (Å²) >= 11 is 0. The van der Waals surface area contributed by atoms with Crippen LogP contribution >= 0.6 is 0 Å². The van der Waals surface area contributed by atoms with Crippen LogP contribution in [0.3, 0.4) is 0 Å². The van der Waals surface area contributed by atoms with Crippen molar-refractivity contribution < 1.29 is 0 Å². The van der Waals surface area contributed by atoms with Gasteiger partial charge < -0.3 is 0 Å². The van der Waals surface area contributed by atoms with Gasteiger partial charge in [-0.25, -0.2) is 0 Å². The summed E-state index contributed by atoms with van der Waals surface area (Å²) in [6.07, 6.45) is 0. The van der Waals surface area contributed by atoms with Crippen LogP contribution in [0.25, 0.3) is 0 Å².